The van der Waals surface area contributed by atoms with Gasteiger partial charge in [-0.3, -0.25) is 14.6 Å². The minimum atomic E-state index is -0.144. The van der Waals surface area contributed by atoms with Gasteiger partial charge in [0.2, 0.25) is 5.91 Å². The number of benzene rings is 2. The number of carbonyl (C=O) groups excluding carboxylic acids is 2. The van der Waals surface area contributed by atoms with Gasteiger partial charge in [-0.2, -0.15) is 0 Å². The largest absolute Gasteiger partial charge is 0.351 e. The molecule has 0 saturated heterocycles. The van der Waals surface area contributed by atoms with Crippen molar-refractivity contribution < 1.29 is 9.59 Å². The summed E-state index contributed by atoms with van der Waals surface area (Å²) in [6.45, 7) is 3.17. The molecule has 1 aromatic heterocycles. The molecule has 1 aliphatic rings. The van der Waals surface area contributed by atoms with Crippen LogP contribution in [0.5, 0.6) is 0 Å². The van der Waals surface area contributed by atoms with Crippen molar-refractivity contribution in [3.8, 4) is 0 Å². The van der Waals surface area contributed by atoms with Gasteiger partial charge >= 0.3 is 0 Å². The maximum atomic E-state index is 12.8. The molecule has 0 saturated carbocycles. The normalized spacial score (nSPS) is 13.6. The lowest BCUT2D eigenvalue weighted by molar-refractivity contribution is -0.122. The maximum Gasteiger partial charge on any atom is 0.258 e. The molecule has 0 radical (unpaired) electrons. The van der Waals surface area contributed by atoms with E-state index in [1.54, 1.807) is 24.5 Å². The van der Waals surface area contributed by atoms with Gasteiger partial charge in [-0.15, -0.1) is 0 Å². The van der Waals surface area contributed by atoms with E-state index in [2.05, 4.69) is 16.4 Å². The Balaban J connectivity index is 1.43. The van der Waals surface area contributed by atoms with E-state index in [4.69, 9.17) is 0 Å². The molecule has 0 bridgehead atoms. The van der Waals surface area contributed by atoms with Crippen LogP contribution >= 0.6 is 0 Å². The Bertz CT molecular complexity index is 1030. The highest BCUT2D eigenvalue weighted by molar-refractivity contribution is 6.07. The summed E-state index contributed by atoms with van der Waals surface area (Å²) in [5.41, 5.74) is 4.81. The molecule has 0 spiro atoms. The molecule has 3 aromatic rings. The summed E-state index contributed by atoms with van der Waals surface area (Å²) in [6, 6.07) is 19.4. The van der Waals surface area contributed by atoms with Gasteiger partial charge in [0.15, 0.2) is 0 Å². The smallest absolute Gasteiger partial charge is 0.258 e. The van der Waals surface area contributed by atoms with Crippen molar-refractivity contribution in [3.63, 3.8) is 0 Å². The Morgan fingerprint density at radius 2 is 1.83 bits per heavy atom. The van der Waals surface area contributed by atoms with E-state index in [-0.39, 0.29) is 17.7 Å². The lowest BCUT2D eigenvalue weighted by atomic mass is 9.95. The average Bonchev–Trinajstić information content (AvgIpc) is 3.22. The SMILES string of the molecule is CCC(C(=O)NCc1ccc2c(c1)CCN2C(=O)c1ccncc1)c1ccccc1. The third-order valence-electron chi connectivity index (χ3n) is 5.61. The minimum Gasteiger partial charge on any atom is -0.351 e. The molecule has 2 aromatic carbocycles. The second kappa shape index (κ2) is 8.91. The standard InChI is InChI=1S/C25H25N3O2/c1-2-22(19-6-4-3-5-7-19)24(29)27-17-18-8-9-23-21(16-18)12-15-28(23)25(30)20-10-13-26-14-11-20/h3-11,13-14,16,22H,2,12,15,17H2,1H3,(H,27,29). The zero-order valence-electron chi connectivity index (χ0n) is 17.0. The lowest BCUT2D eigenvalue weighted by Gasteiger charge is -2.18. The van der Waals surface area contributed by atoms with Gasteiger partial charge in [0.05, 0.1) is 5.92 Å². The monoisotopic (exact) mass is 399 g/mol. The van der Waals surface area contributed by atoms with Crippen LogP contribution in [0, 0.1) is 0 Å². The van der Waals surface area contributed by atoms with Crippen molar-refractivity contribution in [3.05, 3.63) is 95.3 Å². The van der Waals surface area contributed by atoms with Crippen molar-refractivity contribution in [2.45, 2.75) is 32.2 Å². The van der Waals surface area contributed by atoms with Crippen LogP contribution in [0.1, 0.15) is 46.3 Å². The Kier molecular flexibility index (Phi) is 5.89. The van der Waals surface area contributed by atoms with Crippen LogP contribution in [0.3, 0.4) is 0 Å². The van der Waals surface area contributed by atoms with E-state index >= 15 is 0 Å². The Morgan fingerprint density at radius 1 is 1.07 bits per heavy atom. The third kappa shape index (κ3) is 4.10. The topological polar surface area (TPSA) is 62.3 Å². The van der Waals surface area contributed by atoms with Gasteiger partial charge in [0.25, 0.3) is 5.91 Å². The molecular weight excluding hydrogens is 374 g/mol. The number of rotatable bonds is 6. The summed E-state index contributed by atoms with van der Waals surface area (Å²) in [5.74, 6) is -0.112. The predicted octanol–water partition coefficient (Wildman–Crippen LogP) is 4.09. The predicted molar refractivity (Wildman–Crippen MR) is 117 cm³/mol. The van der Waals surface area contributed by atoms with Crippen LogP contribution in [-0.2, 0) is 17.8 Å². The quantitative estimate of drug-likeness (QED) is 0.679. The molecule has 0 aliphatic carbocycles. The molecule has 2 amide bonds. The number of aromatic nitrogens is 1. The molecule has 30 heavy (non-hydrogen) atoms. The van der Waals surface area contributed by atoms with Gasteiger partial charge in [-0.05, 0) is 47.7 Å². The molecule has 0 fully saturated rings. The van der Waals surface area contributed by atoms with E-state index in [0.29, 0.717) is 18.7 Å². The van der Waals surface area contributed by atoms with Gasteiger partial charge < -0.3 is 10.2 Å². The molecule has 5 heteroatoms. The molecule has 152 valence electrons. The number of pyridine rings is 1. The minimum absolute atomic E-state index is 0.00847. The maximum absolute atomic E-state index is 12.8. The fraction of sp³-hybridized carbons (Fsp3) is 0.240. The highest BCUT2D eigenvalue weighted by Gasteiger charge is 2.26. The van der Waals surface area contributed by atoms with Crippen molar-refractivity contribution in [2.24, 2.45) is 0 Å². The highest BCUT2D eigenvalue weighted by Crippen LogP contribution is 2.30. The molecular formula is C25H25N3O2. The average molecular weight is 399 g/mol. The van der Waals surface area contributed by atoms with Gasteiger partial charge in [0, 0.05) is 36.7 Å². The van der Waals surface area contributed by atoms with Crippen molar-refractivity contribution >= 4 is 17.5 Å². The number of hydrogen-bond acceptors (Lipinski definition) is 3. The lowest BCUT2D eigenvalue weighted by Crippen LogP contribution is -2.29. The number of fused-ring (bicyclic) bond motifs is 1. The number of carbonyl (C=O) groups is 2. The Hall–Kier alpha value is -3.47. The molecule has 5 nitrogen and oxygen atoms in total. The first-order valence-electron chi connectivity index (χ1n) is 10.3. The summed E-state index contributed by atoms with van der Waals surface area (Å²) < 4.78 is 0. The van der Waals surface area contributed by atoms with Gasteiger partial charge in [-0.25, -0.2) is 0 Å². The van der Waals surface area contributed by atoms with Crippen molar-refractivity contribution in [1.29, 1.82) is 0 Å². The van der Waals surface area contributed by atoms with Crippen LogP contribution in [0.2, 0.25) is 0 Å². The Morgan fingerprint density at radius 3 is 2.57 bits per heavy atom. The molecule has 1 N–H and O–H groups in total. The third-order valence-corrected chi connectivity index (χ3v) is 5.61. The molecule has 1 aliphatic heterocycles. The van der Waals surface area contributed by atoms with Crippen LogP contribution in [0.25, 0.3) is 0 Å². The van der Waals surface area contributed by atoms with Gasteiger partial charge in [0.1, 0.15) is 0 Å². The zero-order valence-corrected chi connectivity index (χ0v) is 17.0. The second-order valence-electron chi connectivity index (χ2n) is 7.50. The van der Waals surface area contributed by atoms with E-state index in [0.717, 1.165) is 35.2 Å². The summed E-state index contributed by atoms with van der Waals surface area (Å²) in [4.78, 5) is 31.3. The second-order valence-corrected chi connectivity index (χ2v) is 7.50. The van der Waals surface area contributed by atoms with Crippen LogP contribution in [0.4, 0.5) is 5.69 Å². The van der Waals surface area contributed by atoms with E-state index in [9.17, 15) is 9.59 Å². The van der Waals surface area contributed by atoms with Crippen molar-refractivity contribution in [2.75, 3.05) is 11.4 Å². The number of nitrogens with one attached hydrogen (secondary N) is 1. The van der Waals surface area contributed by atoms with Crippen LogP contribution in [0.15, 0.2) is 73.1 Å². The molecule has 4 rings (SSSR count). The fourth-order valence-electron chi connectivity index (χ4n) is 4.00. The van der Waals surface area contributed by atoms with Crippen molar-refractivity contribution in [1.82, 2.24) is 10.3 Å². The first-order chi connectivity index (χ1) is 14.7. The van der Waals surface area contributed by atoms with E-state index < -0.39 is 0 Å². The summed E-state index contributed by atoms with van der Waals surface area (Å²) in [7, 11) is 0. The molecule has 1 unspecified atom stereocenters. The first kappa shape index (κ1) is 19.8. The zero-order chi connectivity index (χ0) is 20.9. The number of anilines is 1. The molecule has 2 heterocycles. The summed E-state index contributed by atoms with van der Waals surface area (Å²) in [6.07, 6.45) is 4.84. The van der Waals surface area contributed by atoms with Crippen LogP contribution < -0.4 is 10.2 Å². The number of hydrogen-bond donors (Lipinski definition) is 1. The molecule has 1 atom stereocenters. The van der Waals surface area contributed by atoms with Crippen LogP contribution in [-0.4, -0.2) is 23.3 Å². The number of nitrogens with zero attached hydrogens (tertiary/aromatic N) is 2. The summed E-state index contributed by atoms with van der Waals surface area (Å²) in [5, 5.41) is 3.07. The van der Waals surface area contributed by atoms with E-state index in [1.165, 1.54) is 0 Å². The highest BCUT2D eigenvalue weighted by atomic mass is 16.2. The van der Waals surface area contributed by atoms with Gasteiger partial charge in [-0.1, -0.05) is 49.4 Å². The fourth-order valence-corrected chi connectivity index (χ4v) is 4.00. The Labute approximate surface area is 176 Å². The summed E-state index contributed by atoms with van der Waals surface area (Å²) >= 11 is 0. The first-order valence-corrected chi connectivity index (χ1v) is 10.3. The van der Waals surface area contributed by atoms with E-state index in [1.807, 2.05) is 54.3 Å². The number of amides is 2.